The summed E-state index contributed by atoms with van der Waals surface area (Å²) in [5.74, 6) is 0.574. The van der Waals surface area contributed by atoms with Crippen LogP contribution in [0.25, 0.3) is 0 Å². The van der Waals surface area contributed by atoms with Crippen LogP contribution in [0.15, 0.2) is 31.1 Å². The Balaban J connectivity index is 2.71. The molecule has 1 heterocycles. The molecule has 0 saturated heterocycles. The van der Waals surface area contributed by atoms with Crippen molar-refractivity contribution in [2.24, 2.45) is 0 Å². The molecule has 1 aromatic heterocycles. The van der Waals surface area contributed by atoms with Crippen molar-refractivity contribution < 1.29 is 9.53 Å². The molecule has 1 aromatic rings. The van der Waals surface area contributed by atoms with Crippen molar-refractivity contribution in [3.63, 3.8) is 0 Å². The molecule has 15 heavy (non-hydrogen) atoms. The van der Waals surface area contributed by atoms with E-state index in [0.717, 1.165) is 5.56 Å². The molecule has 1 amide bonds. The Hall–Kier alpha value is -1.84. The predicted octanol–water partition coefficient (Wildman–Crippen LogP) is 1.23. The van der Waals surface area contributed by atoms with Gasteiger partial charge in [0.25, 0.3) is 0 Å². The van der Waals surface area contributed by atoms with Crippen LogP contribution in [0.3, 0.4) is 0 Å². The molecule has 0 bridgehead atoms. The molecule has 80 valence electrons. The van der Waals surface area contributed by atoms with Gasteiger partial charge in [0, 0.05) is 19.8 Å². The van der Waals surface area contributed by atoms with Crippen LogP contribution >= 0.6 is 0 Å². The molecule has 1 rings (SSSR count). The van der Waals surface area contributed by atoms with Gasteiger partial charge in [0.15, 0.2) is 0 Å². The van der Waals surface area contributed by atoms with E-state index in [2.05, 4.69) is 11.6 Å². The molecule has 0 aromatic carbocycles. The molecule has 0 saturated carbocycles. The summed E-state index contributed by atoms with van der Waals surface area (Å²) in [7, 11) is 3.29. The van der Waals surface area contributed by atoms with E-state index >= 15 is 0 Å². The Morgan fingerprint density at radius 2 is 2.40 bits per heavy atom. The average molecular weight is 206 g/mol. The molecule has 0 spiro atoms. The van der Waals surface area contributed by atoms with Gasteiger partial charge in [-0.2, -0.15) is 0 Å². The number of hydrogen-bond donors (Lipinski definition) is 0. The van der Waals surface area contributed by atoms with Crippen LogP contribution in [0.1, 0.15) is 5.56 Å². The molecule has 0 N–H and O–H groups in total. The summed E-state index contributed by atoms with van der Waals surface area (Å²) in [5, 5.41) is 0. The van der Waals surface area contributed by atoms with Gasteiger partial charge >= 0.3 is 0 Å². The first kappa shape index (κ1) is 11.2. The molecule has 0 atom stereocenters. The number of carbonyl (C=O) groups excluding carboxylic acids is 1. The van der Waals surface area contributed by atoms with E-state index in [9.17, 15) is 4.79 Å². The van der Waals surface area contributed by atoms with Crippen molar-refractivity contribution in [3.8, 4) is 5.75 Å². The number of pyridine rings is 1. The number of nitrogens with zero attached hydrogens (tertiary/aromatic N) is 2. The molecule has 0 aliphatic heterocycles. The fraction of sp³-hybridized carbons (Fsp3) is 0.273. The fourth-order valence-corrected chi connectivity index (χ4v) is 1.17. The second-order valence-corrected chi connectivity index (χ2v) is 3.13. The first-order valence-corrected chi connectivity index (χ1v) is 4.53. The Labute approximate surface area is 89.2 Å². The molecule has 0 fully saturated rings. The van der Waals surface area contributed by atoms with Crippen molar-refractivity contribution in [1.82, 2.24) is 9.88 Å². The zero-order chi connectivity index (χ0) is 11.3. The van der Waals surface area contributed by atoms with E-state index in [1.807, 2.05) is 6.07 Å². The van der Waals surface area contributed by atoms with Gasteiger partial charge in [-0.15, -0.1) is 0 Å². The highest BCUT2D eigenvalue weighted by atomic mass is 16.5. The molecular formula is C11H14N2O2. The monoisotopic (exact) mass is 206 g/mol. The summed E-state index contributed by atoms with van der Waals surface area (Å²) in [6.45, 7) is 3.92. The number of ether oxygens (including phenoxy) is 1. The van der Waals surface area contributed by atoms with Crippen molar-refractivity contribution in [3.05, 3.63) is 36.7 Å². The van der Waals surface area contributed by atoms with Crippen LogP contribution in [-0.4, -0.2) is 29.9 Å². The number of aromatic nitrogens is 1. The number of rotatable bonds is 4. The minimum atomic E-state index is -0.113. The highest BCUT2D eigenvalue weighted by Gasteiger charge is 2.05. The highest BCUT2D eigenvalue weighted by Crippen LogP contribution is 2.11. The summed E-state index contributed by atoms with van der Waals surface area (Å²) in [6, 6.07) is 1.85. The lowest BCUT2D eigenvalue weighted by Gasteiger charge is -2.14. The molecular weight excluding hydrogens is 192 g/mol. The average Bonchev–Trinajstić information content (AvgIpc) is 2.28. The van der Waals surface area contributed by atoms with Crippen molar-refractivity contribution >= 4 is 5.91 Å². The molecule has 0 aliphatic carbocycles. The van der Waals surface area contributed by atoms with Crippen molar-refractivity contribution in [1.29, 1.82) is 0 Å². The van der Waals surface area contributed by atoms with E-state index in [1.165, 1.54) is 6.08 Å². The van der Waals surface area contributed by atoms with Crippen molar-refractivity contribution in [2.75, 3.05) is 14.2 Å². The molecule has 0 aliphatic rings. The predicted molar refractivity (Wildman–Crippen MR) is 57.5 cm³/mol. The van der Waals surface area contributed by atoms with Gasteiger partial charge in [0.2, 0.25) is 5.91 Å². The molecule has 4 heteroatoms. The van der Waals surface area contributed by atoms with Crippen molar-refractivity contribution in [2.45, 2.75) is 6.54 Å². The van der Waals surface area contributed by atoms with Gasteiger partial charge in [-0.25, -0.2) is 0 Å². The number of methoxy groups -OCH3 is 1. The number of likely N-dealkylation sites (N-methyl/N-ethyl adjacent to an activating group) is 1. The van der Waals surface area contributed by atoms with E-state index < -0.39 is 0 Å². The Morgan fingerprint density at radius 3 is 3.00 bits per heavy atom. The van der Waals surface area contributed by atoms with E-state index in [-0.39, 0.29) is 5.91 Å². The van der Waals surface area contributed by atoms with Gasteiger partial charge in [-0.05, 0) is 17.7 Å². The largest absolute Gasteiger partial charge is 0.495 e. The van der Waals surface area contributed by atoms with E-state index in [4.69, 9.17) is 4.74 Å². The van der Waals surface area contributed by atoms with Gasteiger partial charge < -0.3 is 9.64 Å². The highest BCUT2D eigenvalue weighted by molar-refractivity contribution is 5.86. The lowest BCUT2D eigenvalue weighted by molar-refractivity contribution is -0.125. The zero-order valence-electron chi connectivity index (χ0n) is 8.93. The lowest BCUT2D eigenvalue weighted by atomic mass is 10.2. The third kappa shape index (κ3) is 3.09. The van der Waals surface area contributed by atoms with Gasteiger partial charge in [0.1, 0.15) is 5.75 Å². The minimum Gasteiger partial charge on any atom is -0.495 e. The maximum atomic E-state index is 11.2. The van der Waals surface area contributed by atoms with E-state index in [0.29, 0.717) is 12.3 Å². The van der Waals surface area contributed by atoms with Gasteiger partial charge in [-0.1, -0.05) is 6.58 Å². The van der Waals surface area contributed by atoms with Crippen LogP contribution in [0.2, 0.25) is 0 Å². The first-order chi connectivity index (χ1) is 7.17. The maximum Gasteiger partial charge on any atom is 0.245 e. The second-order valence-electron chi connectivity index (χ2n) is 3.13. The summed E-state index contributed by atoms with van der Waals surface area (Å²) < 4.78 is 5.04. The second kappa shape index (κ2) is 5.14. The fourth-order valence-electron chi connectivity index (χ4n) is 1.17. The minimum absolute atomic E-state index is 0.113. The van der Waals surface area contributed by atoms with Crippen LogP contribution in [0.5, 0.6) is 5.75 Å². The lowest BCUT2D eigenvalue weighted by Crippen LogP contribution is -2.23. The SMILES string of the molecule is C=CC(=O)N(C)Cc1cncc(OC)c1. The summed E-state index contributed by atoms with van der Waals surface area (Å²) in [5.41, 5.74) is 0.923. The summed E-state index contributed by atoms with van der Waals surface area (Å²) in [6.07, 6.45) is 4.61. The van der Waals surface area contributed by atoms with Crippen LogP contribution in [0, 0.1) is 0 Å². The summed E-state index contributed by atoms with van der Waals surface area (Å²) >= 11 is 0. The normalized spacial score (nSPS) is 9.47. The maximum absolute atomic E-state index is 11.2. The Morgan fingerprint density at radius 1 is 1.67 bits per heavy atom. The Bertz CT molecular complexity index is 363. The Kier molecular flexibility index (Phi) is 3.85. The molecule has 0 radical (unpaired) electrons. The van der Waals surface area contributed by atoms with Crippen LogP contribution < -0.4 is 4.74 Å². The number of hydrogen-bond acceptors (Lipinski definition) is 3. The van der Waals surface area contributed by atoms with E-state index in [1.54, 1.807) is 31.5 Å². The number of carbonyl (C=O) groups is 1. The van der Waals surface area contributed by atoms with Crippen LogP contribution in [-0.2, 0) is 11.3 Å². The van der Waals surface area contributed by atoms with Gasteiger partial charge in [0.05, 0.1) is 13.3 Å². The zero-order valence-corrected chi connectivity index (χ0v) is 8.93. The van der Waals surface area contributed by atoms with Gasteiger partial charge in [-0.3, -0.25) is 9.78 Å². The van der Waals surface area contributed by atoms with Crippen LogP contribution in [0.4, 0.5) is 0 Å². The first-order valence-electron chi connectivity index (χ1n) is 4.53. The quantitative estimate of drug-likeness (QED) is 0.696. The number of amides is 1. The summed E-state index contributed by atoms with van der Waals surface area (Å²) in [4.78, 5) is 16.8. The smallest absolute Gasteiger partial charge is 0.245 e. The molecule has 4 nitrogen and oxygen atoms in total. The standard InChI is InChI=1S/C11H14N2O2/c1-4-11(14)13(2)8-9-5-10(15-3)7-12-6-9/h4-7H,1,8H2,2-3H3. The third-order valence-electron chi connectivity index (χ3n) is 1.98. The molecule has 0 unspecified atom stereocenters. The third-order valence-corrected chi connectivity index (χ3v) is 1.98. The topological polar surface area (TPSA) is 42.4 Å².